The van der Waals surface area contributed by atoms with Crippen LogP contribution in [-0.2, 0) is 5.41 Å². The average molecular weight is 922 g/mol. The molecule has 2 aliphatic rings. The van der Waals surface area contributed by atoms with Crippen LogP contribution in [0.2, 0.25) is 0 Å². The molecular weight excluding hydrogens is 867 g/mol. The third-order valence-electron chi connectivity index (χ3n) is 15.8. The molecule has 0 N–H and O–H groups in total. The largest absolute Gasteiger partial charge is 0.309 e. The quantitative estimate of drug-likeness (QED) is 0.132. The van der Waals surface area contributed by atoms with Gasteiger partial charge in [-0.1, -0.05) is 262 Å². The average Bonchev–Trinajstić information content (AvgIpc) is 3.78. The Labute approximate surface area is 424 Å². The summed E-state index contributed by atoms with van der Waals surface area (Å²) in [5.74, 6) is 0.546. The zero-order valence-corrected chi connectivity index (χ0v) is 40.5. The lowest BCUT2D eigenvalue weighted by Gasteiger charge is -2.34. The lowest BCUT2D eigenvalue weighted by Crippen LogP contribution is -2.28. The van der Waals surface area contributed by atoms with Crippen molar-refractivity contribution in [1.29, 1.82) is 0 Å². The maximum atomic E-state index is 2.59. The van der Waals surface area contributed by atoms with Gasteiger partial charge in [-0.25, -0.2) is 0 Å². The Balaban J connectivity index is 1.11. The van der Waals surface area contributed by atoms with Crippen molar-refractivity contribution < 1.29 is 0 Å². The zero-order chi connectivity index (χ0) is 47.8. The highest BCUT2D eigenvalue weighted by Gasteiger charge is 2.47. The van der Waals surface area contributed by atoms with Gasteiger partial charge in [0, 0.05) is 16.7 Å². The molecule has 1 fully saturated rings. The van der Waals surface area contributed by atoms with E-state index in [1.54, 1.807) is 0 Å². The highest BCUT2D eigenvalue weighted by Crippen LogP contribution is 2.59. The van der Waals surface area contributed by atoms with Crippen molar-refractivity contribution >= 4 is 27.8 Å². The molecule has 0 bridgehead atoms. The first-order valence-electron chi connectivity index (χ1n) is 25.9. The monoisotopic (exact) mass is 921 g/mol. The van der Waals surface area contributed by atoms with Gasteiger partial charge in [-0.2, -0.15) is 0 Å². The summed E-state index contributed by atoms with van der Waals surface area (Å²) in [6, 6.07) is 99.7. The van der Waals surface area contributed by atoms with E-state index in [1.807, 2.05) is 0 Å². The molecule has 0 heterocycles. The van der Waals surface area contributed by atoms with Crippen LogP contribution in [0.1, 0.15) is 65.8 Å². The summed E-state index contributed by atoms with van der Waals surface area (Å²) in [5.41, 5.74) is 21.6. The van der Waals surface area contributed by atoms with E-state index in [0.717, 1.165) is 22.6 Å². The lowest BCUT2D eigenvalue weighted by molar-refractivity contribution is 0.445. The second-order valence-electron chi connectivity index (χ2n) is 19.7. The number of nitrogens with zero attached hydrogens (tertiary/aromatic N) is 1. The Kier molecular flexibility index (Phi) is 11.3. The molecule has 1 heteroatoms. The third kappa shape index (κ3) is 7.30. The minimum Gasteiger partial charge on any atom is -0.309 e. The topological polar surface area (TPSA) is 3.24 Å². The predicted molar refractivity (Wildman–Crippen MR) is 304 cm³/mol. The lowest BCUT2D eigenvalue weighted by atomic mass is 9.67. The van der Waals surface area contributed by atoms with E-state index in [-0.39, 0.29) is 0 Å². The number of para-hydroxylation sites is 2. The SMILES string of the molecule is c1ccc(-c2ccc(N(c3ccccc3-c3cccc4c3-c3ccccc3C4(c3ccccc3)c3ccccc3)c3ccccc3-c3cccc4cccc(C5CCCCC5)c34)c(-c3ccccc3)c2)cc1. The molecule has 1 nitrogen and oxygen atoms in total. The van der Waals surface area contributed by atoms with Gasteiger partial charge in [0.2, 0.25) is 0 Å². The van der Waals surface area contributed by atoms with Crippen LogP contribution in [0, 0.1) is 0 Å². The summed E-state index contributed by atoms with van der Waals surface area (Å²) in [6.45, 7) is 0. The number of benzene rings is 11. The van der Waals surface area contributed by atoms with Crippen molar-refractivity contribution in [1.82, 2.24) is 0 Å². The Bertz CT molecular complexity index is 3670. The Morgan fingerprint density at radius 3 is 1.47 bits per heavy atom. The molecular formula is C71H55N. The summed E-state index contributed by atoms with van der Waals surface area (Å²) in [6.07, 6.45) is 6.38. The van der Waals surface area contributed by atoms with E-state index in [2.05, 4.69) is 272 Å². The zero-order valence-electron chi connectivity index (χ0n) is 40.5. The van der Waals surface area contributed by atoms with Gasteiger partial charge in [0.05, 0.1) is 22.5 Å². The molecule has 0 amide bonds. The van der Waals surface area contributed by atoms with Gasteiger partial charge in [-0.15, -0.1) is 0 Å². The molecule has 0 aliphatic heterocycles. The van der Waals surface area contributed by atoms with Crippen LogP contribution in [0.3, 0.4) is 0 Å². The van der Waals surface area contributed by atoms with E-state index >= 15 is 0 Å². The molecule has 13 rings (SSSR count). The molecule has 1 saturated carbocycles. The van der Waals surface area contributed by atoms with Gasteiger partial charge in [0.1, 0.15) is 0 Å². The molecule has 11 aromatic rings. The molecule has 0 unspecified atom stereocenters. The molecule has 344 valence electrons. The van der Waals surface area contributed by atoms with Crippen LogP contribution in [0.4, 0.5) is 17.1 Å². The molecule has 0 atom stereocenters. The van der Waals surface area contributed by atoms with Crippen LogP contribution in [0.25, 0.3) is 66.4 Å². The first-order chi connectivity index (χ1) is 35.8. The van der Waals surface area contributed by atoms with Crippen LogP contribution in [0.5, 0.6) is 0 Å². The van der Waals surface area contributed by atoms with Gasteiger partial charge in [-0.3, -0.25) is 0 Å². The fourth-order valence-electron chi connectivity index (χ4n) is 12.6. The minimum absolute atomic E-state index is 0.524. The first kappa shape index (κ1) is 43.5. The number of fused-ring (bicyclic) bond motifs is 4. The molecule has 0 saturated heterocycles. The number of rotatable bonds is 10. The summed E-state index contributed by atoms with van der Waals surface area (Å²) in [4.78, 5) is 2.59. The fourth-order valence-corrected chi connectivity index (χ4v) is 12.6. The number of hydrogen-bond acceptors (Lipinski definition) is 1. The Hall–Kier alpha value is -8.52. The first-order valence-corrected chi connectivity index (χ1v) is 25.9. The minimum atomic E-state index is -0.524. The smallest absolute Gasteiger partial charge is 0.0713 e. The molecule has 72 heavy (non-hydrogen) atoms. The normalized spacial score (nSPS) is 13.9. The molecule has 0 spiro atoms. The summed E-state index contributed by atoms with van der Waals surface area (Å²) in [5, 5.41) is 2.68. The summed E-state index contributed by atoms with van der Waals surface area (Å²) < 4.78 is 0. The summed E-state index contributed by atoms with van der Waals surface area (Å²) >= 11 is 0. The molecule has 0 radical (unpaired) electrons. The van der Waals surface area contributed by atoms with E-state index in [0.29, 0.717) is 5.92 Å². The molecule has 2 aliphatic carbocycles. The van der Waals surface area contributed by atoms with Crippen LogP contribution in [-0.4, -0.2) is 0 Å². The van der Waals surface area contributed by atoms with E-state index in [4.69, 9.17) is 0 Å². The van der Waals surface area contributed by atoms with E-state index in [1.165, 1.54) is 121 Å². The Morgan fingerprint density at radius 2 is 0.806 bits per heavy atom. The molecule has 11 aromatic carbocycles. The third-order valence-corrected chi connectivity index (χ3v) is 15.8. The van der Waals surface area contributed by atoms with E-state index < -0.39 is 5.41 Å². The van der Waals surface area contributed by atoms with Crippen molar-refractivity contribution in [3.63, 3.8) is 0 Å². The van der Waals surface area contributed by atoms with E-state index in [9.17, 15) is 0 Å². The van der Waals surface area contributed by atoms with Gasteiger partial charge in [-0.05, 0) is 121 Å². The van der Waals surface area contributed by atoms with Crippen molar-refractivity contribution in [3.05, 3.63) is 295 Å². The van der Waals surface area contributed by atoms with Crippen molar-refractivity contribution in [2.24, 2.45) is 0 Å². The van der Waals surface area contributed by atoms with Gasteiger partial charge < -0.3 is 4.90 Å². The number of hydrogen-bond donors (Lipinski definition) is 0. The second-order valence-corrected chi connectivity index (χ2v) is 19.7. The molecule has 0 aromatic heterocycles. The fraction of sp³-hybridized carbons (Fsp3) is 0.0986. The summed E-state index contributed by atoms with van der Waals surface area (Å²) in [7, 11) is 0. The van der Waals surface area contributed by atoms with Crippen molar-refractivity contribution in [2.75, 3.05) is 4.90 Å². The Morgan fingerprint density at radius 1 is 0.319 bits per heavy atom. The van der Waals surface area contributed by atoms with Crippen LogP contribution in [0.15, 0.2) is 267 Å². The van der Waals surface area contributed by atoms with Crippen LogP contribution < -0.4 is 4.90 Å². The van der Waals surface area contributed by atoms with Gasteiger partial charge in [0.15, 0.2) is 0 Å². The predicted octanol–water partition coefficient (Wildman–Crippen LogP) is 19.4. The highest BCUT2D eigenvalue weighted by molar-refractivity contribution is 6.07. The number of anilines is 3. The van der Waals surface area contributed by atoms with Crippen molar-refractivity contribution in [2.45, 2.75) is 43.4 Å². The highest BCUT2D eigenvalue weighted by atomic mass is 15.1. The standard InChI is InChI=1S/C71H55N/c1-6-25-50(26-7-1)54-47-48-68(63(49-54)52-29-10-3-11-30-52)72(66-45-20-17-37-58(66)60-41-23-32-53-31-22-40-57(69(53)60)51-27-8-2-9-28-51)67-46-21-18-38-59(67)61-42-24-44-65-70(61)62-39-16-19-43-64(62)71(65,55-33-12-4-13-34-55)56-35-14-5-15-36-56/h1,3-7,10-26,29-49,51H,2,8-9,27-28H2. The van der Waals surface area contributed by atoms with Crippen LogP contribution >= 0.6 is 0 Å². The van der Waals surface area contributed by atoms with Crippen molar-refractivity contribution in [3.8, 4) is 55.6 Å². The van der Waals surface area contributed by atoms with Gasteiger partial charge >= 0.3 is 0 Å². The van der Waals surface area contributed by atoms with Gasteiger partial charge in [0.25, 0.3) is 0 Å². The maximum absolute atomic E-state index is 2.59. The maximum Gasteiger partial charge on any atom is 0.0713 e. The second kappa shape index (κ2) is 18.7.